The summed E-state index contributed by atoms with van der Waals surface area (Å²) in [5, 5.41) is 11.9. The highest BCUT2D eigenvalue weighted by Crippen LogP contribution is 2.26. The van der Waals surface area contributed by atoms with Crippen molar-refractivity contribution in [2.45, 2.75) is 33.2 Å². The summed E-state index contributed by atoms with van der Waals surface area (Å²) in [6, 6.07) is 0.194. The van der Waals surface area contributed by atoms with Gasteiger partial charge in [-0.2, -0.15) is 5.10 Å². The van der Waals surface area contributed by atoms with Gasteiger partial charge in [0, 0.05) is 11.7 Å². The first-order valence-electron chi connectivity index (χ1n) is 5.81. The summed E-state index contributed by atoms with van der Waals surface area (Å²) < 4.78 is 1.80. The number of amides is 1. The molecule has 0 bridgehead atoms. The van der Waals surface area contributed by atoms with Crippen molar-refractivity contribution in [2.75, 3.05) is 0 Å². The molecule has 1 amide bonds. The van der Waals surface area contributed by atoms with Gasteiger partial charge in [0.2, 0.25) is 0 Å². The van der Waals surface area contributed by atoms with Gasteiger partial charge in [-0.25, -0.2) is 0 Å². The Morgan fingerprint density at radius 2 is 2.33 bits per heavy atom. The second kappa shape index (κ2) is 4.59. The molecule has 1 unspecified atom stereocenters. The van der Waals surface area contributed by atoms with Crippen molar-refractivity contribution < 1.29 is 4.79 Å². The largest absolute Gasteiger partial charge is 0.364 e. The summed E-state index contributed by atoms with van der Waals surface area (Å²) in [6.07, 6.45) is 2.37. The molecule has 0 aliphatic carbocycles. The molecule has 7 heteroatoms. The first kappa shape index (κ1) is 12.3. The second-order valence-corrected chi connectivity index (χ2v) is 4.21. The van der Waals surface area contributed by atoms with E-state index >= 15 is 0 Å². The highest BCUT2D eigenvalue weighted by atomic mass is 16.1. The lowest BCUT2D eigenvalue weighted by atomic mass is 10.1. The number of carbonyl (C=O) groups excluding carboxylic acids is 1. The minimum atomic E-state index is -0.563. The zero-order chi connectivity index (χ0) is 13.3. The number of aromatic amines is 1. The number of primary amides is 1. The maximum Gasteiger partial charge on any atom is 0.269 e. The SMILES string of the molecule is CCC(C)n1nc(C(N)=O)c(-c2nnc[nH]2)c1C. The third-order valence-corrected chi connectivity index (χ3v) is 3.05. The van der Waals surface area contributed by atoms with Crippen LogP contribution in [0.2, 0.25) is 0 Å². The molecule has 2 rings (SSSR count). The van der Waals surface area contributed by atoms with E-state index < -0.39 is 5.91 Å². The Morgan fingerprint density at radius 3 is 2.83 bits per heavy atom. The molecule has 0 radical (unpaired) electrons. The monoisotopic (exact) mass is 248 g/mol. The average Bonchev–Trinajstić information content (AvgIpc) is 2.94. The van der Waals surface area contributed by atoms with Gasteiger partial charge in [0.1, 0.15) is 6.33 Å². The first-order valence-corrected chi connectivity index (χ1v) is 5.81. The molecule has 0 aromatic carbocycles. The molecule has 3 N–H and O–H groups in total. The van der Waals surface area contributed by atoms with Gasteiger partial charge in [-0.1, -0.05) is 6.92 Å². The molecular weight excluding hydrogens is 232 g/mol. The van der Waals surface area contributed by atoms with Crippen LogP contribution in [-0.2, 0) is 0 Å². The Labute approximate surface area is 104 Å². The molecule has 0 spiro atoms. The van der Waals surface area contributed by atoms with Crippen LogP contribution in [0.15, 0.2) is 6.33 Å². The molecule has 96 valence electrons. The van der Waals surface area contributed by atoms with Gasteiger partial charge in [0.25, 0.3) is 5.91 Å². The number of nitrogens with zero attached hydrogens (tertiary/aromatic N) is 4. The number of aromatic nitrogens is 5. The van der Waals surface area contributed by atoms with Gasteiger partial charge in [-0.05, 0) is 20.3 Å². The molecular formula is C11H16N6O. The summed E-state index contributed by atoms with van der Waals surface area (Å²) in [6.45, 7) is 5.99. The fourth-order valence-electron chi connectivity index (χ4n) is 1.90. The Morgan fingerprint density at radius 1 is 1.61 bits per heavy atom. The Balaban J connectivity index is 2.63. The number of nitrogens with two attached hydrogens (primary N) is 1. The highest BCUT2D eigenvalue weighted by Gasteiger charge is 2.23. The Kier molecular flexibility index (Phi) is 3.14. The van der Waals surface area contributed by atoms with Crippen molar-refractivity contribution in [2.24, 2.45) is 5.73 Å². The quantitative estimate of drug-likeness (QED) is 0.843. The second-order valence-electron chi connectivity index (χ2n) is 4.21. The minimum Gasteiger partial charge on any atom is -0.364 e. The van der Waals surface area contributed by atoms with Crippen molar-refractivity contribution in [1.82, 2.24) is 25.0 Å². The van der Waals surface area contributed by atoms with Crippen molar-refractivity contribution in [1.29, 1.82) is 0 Å². The first-order chi connectivity index (χ1) is 8.56. The number of H-pyrrole nitrogens is 1. The zero-order valence-corrected chi connectivity index (χ0v) is 10.6. The maximum absolute atomic E-state index is 11.5. The molecule has 18 heavy (non-hydrogen) atoms. The number of hydrogen-bond acceptors (Lipinski definition) is 4. The molecule has 7 nitrogen and oxygen atoms in total. The van der Waals surface area contributed by atoms with Crippen LogP contribution >= 0.6 is 0 Å². The smallest absolute Gasteiger partial charge is 0.269 e. The lowest BCUT2D eigenvalue weighted by Gasteiger charge is -2.11. The van der Waals surface area contributed by atoms with Crippen LogP contribution in [0.3, 0.4) is 0 Å². The molecule has 1 atom stereocenters. The van der Waals surface area contributed by atoms with Crippen molar-refractivity contribution in [3.8, 4) is 11.4 Å². The normalized spacial score (nSPS) is 12.6. The summed E-state index contributed by atoms with van der Waals surface area (Å²) in [5.74, 6) is -0.0533. The average molecular weight is 248 g/mol. The van der Waals surface area contributed by atoms with Gasteiger partial charge < -0.3 is 10.7 Å². The molecule has 0 aliphatic heterocycles. The predicted octanol–water partition coefficient (Wildman–Crippen LogP) is 1.05. The molecule has 0 saturated carbocycles. The summed E-state index contributed by atoms with van der Waals surface area (Å²) in [5.41, 5.74) is 7.08. The molecule has 0 aliphatic rings. The van der Waals surface area contributed by atoms with Crippen LogP contribution in [0.4, 0.5) is 0 Å². The number of rotatable bonds is 4. The van der Waals surface area contributed by atoms with E-state index in [-0.39, 0.29) is 11.7 Å². The van der Waals surface area contributed by atoms with Gasteiger partial charge in [0.15, 0.2) is 11.5 Å². The van der Waals surface area contributed by atoms with Gasteiger partial charge >= 0.3 is 0 Å². The van der Waals surface area contributed by atoms with Gasteiger partial charge in [-0.3, -0.25) is 9.48 Å². The third kappa shape index (κ3) is 1.87. The summed E-state index contributed by atoms with van der Waals surface area (Å²) in [7, 11) is 0. The van der Waals surface area contributed by atoms with E-state index in [0.29, 0.717) is 11.4 Å². The molecule has 2 aromatic rings. The van der Waals surface area contributed by atoms with E-state index in [1.807, 2.05) is 13.8 Å². The fourth-order valence-corrected chi connectivity index (χ4v) is 1.90. The molecule has 0 fully saturated rings. The molecule has 0 saturated heterocycles. The standard InChI is InChI=1S/C11H16N6O/c1-4-6(2)17-7(3)8(9(16-17)10(12)18)11-13-5-14-15-11/h5-6H,4H2,1-3H3,(H2,12,18)(H,13,14,15). The fraction of sp³-hybridized carbons (Fsp3) is 0.455. The number of nitrogens with one attached hydrogen (secondary N) is 1. The number of hydrogen-bond donors (Lipinski definition) is 2. The van der Waals surface area contributed by atoms with Crippen LogP contribution in [-0.4, -0.2) is 30.9 Å². The Bertz CT molecular complexity index is 556. The highest BCUT2D eigenvalue weighted by molar-refractivity contribution is 5.97. The van der Waals surface area contributed by atoms with Crippen molar-refractivity contribution in [3.05, 3.63) is 17.7 Å². The van der Waals surface area contributed by atoms with Crippen molar-refractivity contribution >= 4 is 5.91 Å². The van der Waals surface area contributed by atoms with E-state index in [1.54, 1.807) is 4.68 Å². The molecule has 2 aromatic heterocycles. The zero-order valence-electron chi connectivity index (χ0n) is 10.6. The van der Waals surface area contributed by atoms with E-state index in [1.165, 1.54) is 6.33 Å². The van der Waals surface area contributed by atoms with Crippen molar-refractivity contribution in [3.63, 3.8) is 0 Å². The third-order valence-electron chi connectivity index (χ3n) is 3.05. The van der Waals surface area contributed by atoms with Gasteiger partial charge in [-0.15, -0.1) is 10.2 Å². The predicted molar refractivity (Wildman–Crippen MR) is 65.9 cm³/mol. The number of carbonyl (C=O) groups is 1. The van der Waals surface area contributed by atoms with Crippen LogP contribution in [0.25, 0.3) is 11.4 Å². The van der Waals surface area contributed by atoms with Crippen LogP contribution in [0, 0.1) is 6.92 Å². The maximum atomic E-state index is 11.5. The lowest BCUT2D eigenvalue weighted by molar-refractivity contribution is 0.0995. The lowest BCUT2D eigenvalue weighted by Crippen LogP contribution is -2.14. The molecule has 2 heterocycles. The van der Waals surface area contributed by atoms with Gasteiger partial charge in [0.05, 0.1) is 5.56 Å². The van der Waals surface area contributed by atoms with E-state index in [9.17, 15) is 4.79 Å². The van der Waals surface area contributed by atoms with E-state index in [2.05, 4.69) is 27.2 Å². The summed E-state index contributed by atoms with van der Waals surface area (Å²) in [4.78, 5) is 14.4. The Hall–Kier alpha value is -2.18. The van der Waals surface area contributed by atoms with E-state index in [0.717, 1.165) is 12.1 Å². The topological polar surface area (TPSA) is 102 Å². The van der Waals surface area contributed by atoms with Crippen LogP contribution < -0.4 is 5.73 Å². The summed E-state index contributed by atoms with van der Waals surface area (Å²) >= 11 is 0. The van der Waals surface area contributed by atoms with Crippen LogP contribution in [0.1, 0.15) is 42.5 Å². The minimum absolute atomic E-state index is 0.194. The van der Waals surface area contributed by atoms with E-state index in [4.69, 9.17) is 5.73 Å². The van der Waals surface area contributed by atoms with Crippen LogP contribution in [0.5, 0.6) is 0 Å².